The van der Waals surface area contributed by atoms with E-state index in [0.717, 1.165) is 0 Å². The molecule has 1 unspecified atom stereocenters. The summed E-state index contributed by atoms with van der Waals surface area (Å²) in [5, 5.41) is 0. The first-order valence-corrected chi connectivity index (χ1v) is 6.78. The number of allylic oxidation sites excluding steroid dienone is 4. The lowest BCUT2D eigenvalue weighted by Gasteiger charge is -2.19. The van der Waals surface area contributed by atoms with Crippen LogP contribution in [-0.2, 0) is 0 Å². The van der Waals surface area contributed by atoms with Gasteiger partial charge in [0, 0.05) is 5.92 Å². The third-order valence-electron chi connectivity index (χ3n) is 4.11. The van der Waals surface area contributed by atoms with Gasteiger partial charge in [0.1, 0.15) is 0 Å². The van der Waals surface area contributed by atoms with E-state index in [-0.39, 0.29) is 0 Å². The summed E-state index contributed by atoms with van der Waals surface area (Å²) in [6, 6.07) is 11.1. The predicted molar refractivity (Wildman–Crippen MR) is 73.1 cm³/mol. The SMILES string of the molecule is CC1=CC2=C(C1)C(c1ccccc1)CCCC2. The van der Waals surface area contributed by atoms with Gasteiger partial charge in [-0.1, -0.05) is 54.0 Å². The maximum atomic E-state index is 2.44. The van der Waals surface area contributed by atoms with Gasteiger partial charge in [0.15, 0.2) is 0 Å². The number of hydrogen-bond donors (Lipinski definition) is 0. The molecule has 17 heavy (non-hydrogen) atoms. The van der Waals surface area contributed by atoms with Crippen molar-refractivity contribution in [3.63, 3.8) is 0 Å². The van der Waals surface area contributed by atoms with E-state index >= 15 is 0 Å². The van der Waals surface area contributed by atoms with E-state index in [0.29, 0.717) is 5.92 Å². The minimum absolute atomic E-state index is 0.683. The Balaban J connectivity index is 1.97. The molecule has 3 rings (SSSR count). The zero-order chi connectivity index (χ0) is 11.7. The van der Waals surface area contributed by atoms with Crippen LogP contribution in [0.4, 0.5) is 0 Å². The van der Waals surface area contributed by atoms with Crippen molar-refractivity contribution in [2.45, 2.75) is 44.9 Å². The summed E-state index contributed by atoms with van der Waals surface area (Å²) in [5.41, 5.74) is 6.43. The fourth-order valence-corrected chi connectivity index (χ4v) is 3.33. The van der Waals surface area contributed by atoms with Crippen LogP contribution in [-0.4, -0.2) is 0 Å². The molecular formula is C17H20. The van der Waals surface area contributed by atoms with Gasteiger partial charge in [0.2, 0.25) is 0 Å². The molecular weight excluding hydrogens is 204 g/mol. The average molecular weight is 224 g/mol. The van der Waals surface area contributed by atoms with Crippen LogP contribution in [0.2, 0.25) is 0 Å². The molecule has 2 aliphatic carbocycles. The zero-order valence-electron chi connectivity index (χ0n) is 10.6. The summed E-state index contributed by atoms with van der Waals surface area (Å²) >= 11 is 0. The first-order valence-electron chi connectivity index (χ1n) is 6.78. The Labute approximate surface area is 104 Å². The summed E-state index contributed by atoms with van der Waals surface area (Å²) in [4.78, 5) is 0. The van der Waals surface area contributed by atoms with E-state index in [1.165, 1.54) is 37.7 Å². The predicted octanol–water partition coefficient (Wildman–Crippen LogP) is 4.99. The van der Waals surface area contributed by atoms with Crippen molar-refractivity contribution in [2.75, 3.05) is 0 Å². The van der Waals surface area contributed by atoms with Crippen molar-refractivity contribution in [3.8, 4) is 0 Å². The molecule has 0 saturated carbocycles. The largest absolute Gasteiger partial charge is 0.0690 e. The van der Waals surface area contributed by atoms with Crippen molar-refractivity contribution >= 4 is 0 Å². The molecule has 0 nitrogen and oxygen atoms in total. The minimum atomic E-state index is 0.683. The van der Waals surface area contributed by atoms with Gasteiger partial charge in [0.25, 0.3) is 0 Å². The molecule has 2 aliphatic rings. The fourth-order valence-electron chi connectivity index (χ4n) is 3.33. The van der Waals surface area contributed by atoms with E-state index < -0.39 is 0 Å². The van der Waals surface area contributed by atoms with Gasteiger partial charge in [-0.05, 0) is 43.7 Å². The monoisotopic (exact) mass is 224 g/mol. The molecule has 0 spiro atoms. The van der Waals surface area contributed by atoms with Gasteiger partial charge in [-0.2, -0.15) is 0 Å². The van der Waals surface area contributed by atoms with Crippen LogP contribution in [0.5, 0.6) is 0 Å². The topological polar surface area (TPSA) is 0 Å². The smallest absolute Gasteiger partial charge is 0.00572 e. The van der Waals surface area contributed by atoms with Gasteiger partial charge in [-0.3, -0.25) is 0 Å². The third kappa shape index (κ3) is 2.09. The Morgan fingerprint density at radius 1 is 1.06 bits per heavy atom. The molecule has 0 heteroatoms. The molecule has 0 aromatic heterocycles. The lowest BCUT2D eigenvalue weighted by atomic mass is 9.86. The van der Waals surface area contributed by atoms with Crippen LogP contribution in [0.15, 0.2) is 53.1 Å². The second-order valence-corrected chi connectivity index (χ2v) is 5.43. The maximum Gasteiger partial charge on any atom is 0.00572 e. The normalized spacial score (nSPS) is 24.3. The molecule has 88 valence electrons. The van der Waals surface area contributed by atoms with Crippen LogP contribution in [0.1, 0.15) is 50.5 Å². The van der Waals surface area contributed by atoms with E-state index in [1.54, 1.807) is 16.7 Å². The highest BCUT2D eigenvalue weighted by Crippen LogP contribution is 2.43. The number of rotatable bonds is 1. The average Bonchev–Trinajstić information content (AvgIpc) is 2.61. The van der Waals surface area contributed by atoms with Gasteiger partial charge in [0.05, 0.1) is 0 Å². The van der Waals surface area contributed by atoms with Crippen LogP contribution in [0.25, 0.3) is 0 Å². The standard InChI is InChI=1S/C17H20/c1-13-11-15-9-5-6-10-16(17(15)12-13)14-7-3-2-4-8-14/h2-4,7-8,11,16H,5-6,9-10,12H2,1H3. The molecule has 0 N–H and O–H groups in total. The molecule has 1 atom stereocenters. The van der Waals surface area contributed by atoms with Gasteiger partial charge in [-0.25, -0.2) is 0 Å². The van der Waals surface area contributed by atoms with Gasteiger partial charge in [-0.15, -0.1) is 0 Å². The first kappa shape index (κ1) is 10.8. The summed E-state index contributed by atoms with van der Waals surface area (Å²) in [6.45, 7) is 2.27. The molecule has 0 saturated heterocycles. The van der Waals surface area contributed by atoms with E-state index in [4.69, 9.17) is 0 Å². The van der Waals surface area contributed by atoms with E-state index in [9.17, 15) is 0 Å². The molecule has 1 aromatic rings. The van der Waals surface area contributed by atoms with Crippen molar-refractivity contribution < 1.29 is 0 Å². The Bertz CT molecular complexity index is 462. The van der Waals surface area contributed by atoms with Crippen LogP contribution < -0.4 is 0 Å². The Morgan fingerprint density at radius 3 is 2.71 bits per heavy atom. The quantitative estimate of drug-likeness (QED) is 0.630. The highest BCUT2D eigenvalue weighted by atomic mass is 14.3. The first-order chi connectivity index (χ1) is 8.34. The molecule has 0 bridgehead atoms. The molecule has 0 heterocycles. The second-order valence-electron chi connectivity index (χ2n) is 5.43. The second kappa shape index (κ2) is 4.52. The lowest BCUT2D eigenvalue weighted by molar-refractivity contribution is 0.641. The highest BCUT2D eigenvalue weighted by Gasteiger charge is 2.25. The van der Waals surface area contributed by atoms with Crippen molar-refractivity contribution in [1.82, 2.24) is 0 Å². The van der Waals surface area contributed by atoms with Crippen molar-refractivity contribution in [1.29, 1.82) is 0 Å². The van der Waals surface area contributed by atoms with Crippen molar-refractivity contribution in [3.05, 3.63) is 58.7 Å². The summed E-state index contributed by atoms with van der Waals surface area (Å²) < 4.78 is 0. The molecule has 0 aliphatic heterocycles. The lowest BCUT2D eigenvalue weighted by Crippen LogP contribution is -2.01. The Morgan fingerprint density at radius 2 is 1.88 bits per heavy atom. The molecule has 0 amide bonds. The van der Waals surface area contributed by atoms with Crippen LogP contribution in [0.3, 0.4) is 0 Å². The summed E-state index contributed by atoms with van der Waals surface area (Å²) in [6.07, 6.45) is 9.04. The van der Waals surface area contributed by atoms with E-state index in [2.05, 4.69) is 43.3 Å². The minimum Gasteiger partial charge on any atom is -0.0690 e. The van der Waals surface area contributed by atoms with Crippen LogP contribution in [0, 0.1) is 0 Å². The number of hydrogen-bond acceptors (Lipinski definition) is 0. The van der Waals surface area contributed by atoms with Gasteiger partial charge < -0.3 is 0 Å². The fraction of sp³-hybridized carbons (Fsp3) is 0.412. The summed E-state index contributed by atoms with van der Waals surface area (Å²) in [5.74, 6) is 0.683. The zero-order valence-corrected chi connectivity index (χ0v) is 10.6. The Kier molecular flexibility index (Phi) is 2.88. The van der Waals surface area contributed by atoms with Crippen LogP contribution >= 0.6 is 0 Å². The summed E-state index contributed by atoms with van der Waals surface area (Å²) in [7, 11) is 0. The maximum absolute atomic E-state index is 2.44. The molecule has 1 aromatic carbocycles. The molecule has 0 radical (unpaired) electrons. The van der Waals surface area contributed by atoms with Gasteiger partial charge >= 0.3 is 0 Å². The number of benzene rings is 1. The highest BCUT2D eigenvalue weighted by molar-refractivity contribution is 5.45. The Hall–Kier alpha value is -1.30. The third-order valence-corrected chi connectivity index (χ3v) is 4.11. The molecule has 0 fully saturated rings. The van der Waals surface area contributed by atoms with Crippen molar-refractivity contribution in [2.24, 2.45) is 0 Å². The van der Waals surface area contributed by atoms with E-state index in [1.807, 2.05) is 0 Å².